The summed E-state index contributed by atoms with van der Waals surface area (Å²) in [5.41, 5.74) is 2.24. The van der Waals surface area contributed by atoms with Gasteiger partial charge in [0.05, 0.1) is 17.6 Å². The highest BCUT2D eigenvalue weighted by Gasteiger charge is 2.21. The van der Waals surface area contributed by atoms with Crippen LogP contribution in [0.15, 0.2) is 23.2 Å². The highest BCUT2D eigenvalue weighted by atomic mass is 32.1. The van der Waals surface area contributed by atoms with Crippen LogP contribution in [0.1, 0.15) is 28.0 Å². The predicted octanol–water partition coefficient (Wildman–Crippen LogP) is 3.78. The van der Waals surface area contributed by atoms with Crippen molar-refractivity contribution >= 4 is 28.2 Å². The molecule has 116 valence electrons. The molecule has 0 N–H and O–H groups in total. The molecule has 0 spiro atoms. The molecule has 2 aromatic rings. The topological polar surface area (TPSA) is 88.5 Å². The fourth-order valence-corrected chi connectivity index (χ4v) is 3.84. The fraction of sp³-hybridized carbons (Fsp3) is 0.250. The number of aliphatic imine (C=N–C) groups is 1. The van der Waals surface area contributed by atoms with Gasteiger partial charge in [-0.3, -0.25) is 10.1 Å². The van der Waals surface area contributed by atoms with Gasteiger partial charge in [0.15, 0.2) is 5.75 Å². The van der Waals surface area contributed by atoms with Gasteiger partial charge in [-0.25, -0.2) is 4.99 Å². The normalized spacial score (nSPS) is 13.0. The van der Waals surface area contributed by atoms with Crippen molar-refractivity contribution in [3.8, 4) is 11.8 Å². The molecule has 1 aliphatic carbocycles. The molecule has 1 aliphatic rings. The Morgan fingerprint density at radius 2 is 2.30 bits per heavy atom. The molecular formula is C16H13N3O3S. The first-order valence-corrected chi connectivity index (χ1v) is 7.87. The second-order valence-corrected chi connectivity index (χ2v) is 6.18. The summed E-state index contributed by atoms with van der Waals surface area (Å²) >= 11 is 1.53. The standard InChI is InChI=1S/C16H13N3O3S/c1-22-14-6-5-10(7-13(14)19(20)21)9-18-16-12(8-17)11-3-2-4-15(11)23-16/h5-7,9H,2-4H2,1H3. The van der Waals surface area contributed by atoms with Crippen molar-refractivity contribution in [1.29, 1.82) is 5.26 Å². The lowest BCUT2D eigenvalue weighted by atomic mass is 10.1. The van der Waals surface area contributed by atoms with E-state index in [-0.39, 0.29) is 11.4 Å². The molecule has 0 fully saturated rings. The van der Waals surface area contributed by atoms with Gasteiger partial charge in [-0.1, -0.05) is 0 Å². The molecule has 1 aromatic carbocycles. The lowest BCUT2D eigenvalue weighted by molar-refractivity contribution is -0.385. The highest BCUT2D eigenvalue weighted by molar-refractivity contribution is 7.16. The van der Waals surface area contributed by atoms with Crippen LogP contribution >= 0.6 is 11.3 Å². The Morgan fingerprint density at radius 3 is 3.00 bits per heavy atom. The van der Waals surface area contributed by atoms with Gasteiger partial charge < -0.3 is 4.74 Å². The third-order valence-corrected chi connectivity index (χ3v) is 4.94. The van der Waals surface area contributed by atoms with Gasteiger partial charge in [-0.15, -0.1) is 11.3 Å². The highest BCUT2D eigenvalue weighted by Crippen LogP contribution is 2.40. The van der Waals surface area contributed by atoms with Gasteiger partial charge >= 0.3 is 5.69 Å². The number of hydrogen-bond acceptors (Lipinski definition) is 6. The fourth-order valence-electron chi connectivity index (χ4n) is 2.66. The number of methoxy groups -OCH3 is 1. The Kier molecular flexibility index (Phi) is 4.08. The monoisotopic (exact) mass is 327 g/mol. The maximum Gasteiger partial charge on any atom is 0.311 e. The molecule has 0 saturated heterocycles. The second kappa shape index (κ2) is 6.18. The summed E-state index contributed by atoms with van der Waals surface area (Å²) in [7, 11) is 1.39. The van der Waals surface area contributed by atoms with Crippen LogP contribution in [0.25, 0.3) is 0 Å². The van der Waals surface area contributed by atoms with Crippen LogP contribution in [0.2, 0.25) is 0 Å². The second-order valence-electron chi connectivity index (χ2n) is 5.10. The summed E-state index contributed by atoms with van der Waals surface area (Å²) in [6.07, 6.45) is 4.56. The molecule has 1 heterocycles. The molecule has 0 radical (unpaired) electrons. The minimum Gasteiger partial charge on any atom is -0.490 e. The molecule has 0 unspecified atom stereocenters. The first kappa shape index (κ1) is 15.2. The van der Waals surface area contributed by atoms with Crippen LogP contribution in [0.4, 0.5) is 10.7 Å². The average molecular weight is 327 g/mol. The molecule has 1 aromatic heterocycles. The first-order valence-electron chi connectivity index (χ1n) is 7.05. The molecule has 0 atom stereocenters. The first-order chi connectivity index (χ1) is 11.1. The molecule has 3 rings (SSSR count). The lowest BCUT2D eigenvalue weighted by Gasteiger charge is -2.01. The summed E-state index contributed by atoms with van der Waals surface area (Å²) in [5, 5.41) is 21.0. The number of benzene rings is 1. The number of aryl methyl sites for hydroxylation is 1. The third kappa shape index (κ3) is 2.81. The Labute approximate surface area is 136 Å². The van der Waals surface area contributed by atoms with E-state index in [9.17, 15) is 15.4 Å². The summed E-state index contributed by atoms with van der Waals surface area (Å²) in [6, 6.07) is 6.88. The number of rotatable bonds is 4. The summed E-state index contributed by atoms with van der Waals surface area (Å²) < 4.78 is 4.97. The minimum atomic E-state index is -0.490. The zero-order chi connectivity index (χ0) is 16.4. The van der Waals surface area contributed by atoms with Crippen LogP contribution < -0.4 is 4.74 Å². The van der Waals surface area contributed by atoms with Crippen molar-refractivity contribution in [3.05, 3.63) is 49.9 Å². The average Bonchev–Trinajstić information content (AvgIpc) is 3.12. The minimum absolute atomic E-state index is 0.106. The predicted molar refractivity (Wildman–Crippen MR) is 88.0 cm³/mol. The van der Waals surface area contributed by atoms with E-state index in [1.165, 1.54) is 29.4 Å². The zero-order valence-electron chi connectivity index (χ0n) is 12.4. The van der Waals surface area contributed by atoms with Gasteiger partial charge in [0.1, 0.15) is 11.1 Å². The Morgan fingerprint density at radius 1 is 1.48 bits per heavy atom. The van der Waals surface area contributed by atoms with Gasteiger partial charge in [-0.2, -0.15) is 5.26 Å². The Hall–Kier alpha value is -2.72. The Balaban J connectivity index is 1.94. The summed E-state index contributed by atoms with van der Waals surface area (Å²) in [4.78, 5) is 16.2. The van der Waals surface area contributed by atoms with E-state index < -0.39 is 4.92 Å². The maximum atomic E-state index is 11.0. The largest absolute Gasteiger partial charge is 0.490 e. The Bertz CT molecular complexity index is 849. The number of nitrogens with zero attached hydrogens (tertiary/aromatic N) is 3. The number of nitro benzene ring substituents is 1. The van der Waals surface area contributed by atoms with E-state index in [1.807, 2.05) is 0 Å². The number of ether oxygens (including phenoxy) is 1. The number of thiophene rings is 1. The van der Waals surface area contributed by atoms with E-state index in [0.29, 0.717) is 16.1 Å². The quantitative estimate of drug-likeness (QED) is 0.485. The maximum absolute atomic E-state index is 11.0. The van der Waals surface area contributed by atoms with Crippen LogP contribution in [-0.4, -0.2) is 18.2 Å². The van der Waals surface area contributed by atoms with Gasteiger partial charge in [0, 0.05) is 17.2 Å². The van der Waals surface area contributed by atoms with Crippen molar-refractivity contribution < 1.29 is 9.66 Å². The molecule has 0 saturated carbocycles. The van der Waals surface area contributed by atoms with Gasteiger partial charge in [0.2, 0.25) is 0 Å². The smallest absolute Gasteiger partial charge is 0.311 e. The van der Waals surface area contributed by atoms with E-state index in [4.69, 9.17) is 4.74 Å². The molecule has 0 bridgehead atoms. The van der Waals surface area contributed by atoms with E-state index in [2.05, 4.69) is 11.1 Å². The number of nitriles is 1. The van der Waals surface area contributed by atoms with E-state index in [1.54, 1.807) is 18.3 Å². The number of fused-ring (bicyclic) bond motifs is 1. The third-order valence-electron chi connectivity index (χ3n) is 3.75. The van der Waals surface area contributed by atoms with Gasteiger partial charge in [0.25, 0.3) is 0 Å². The summed E-state index contributed by atoms with van der Waals surface area (Å²) in [5.74, 6) is 0.208. The van der Waals surface area contributed by atoms with E-state index in [0.717, 1.165) is 24.8 Å². The van der Waals surface area contributed by atoms with Gasteiger partial charge in [-0.05, 0) is 42.5 Å². The summed E-state index contributed by atoms with van der Waals surface area (Å²) in [6.45, 7) is 0. The molecule has 23 heavy (non-hydrogen) atoms. The molecule has 7 heteroatoms. The van der Waals surface area contributed by atoms with Crippen molar-refractivity contribution in [2.75, 3.05) is 7.11 Å². The van der Waals surface area contributed by atoms with Crippen molar-refractivity contribution in [2.45, 2.75) is 19.3 Å². The lowest BCUT2D eigenvalue weighted by Crippen LogP contribution is -1.95. The zero-order valence-corrected chi connectivity index (χ0v) is 13.2. The van der Waals surface area contributed by atoms with Crippen LogP contribution in [0.3, 0.4) is 0 Å². The molecule has 0 amide bonds. The molecular weight excluding hydrogens is 314 g/mol. The van der Waals surface area contributed by atoms with E-state index >= 15 is 0 Å². The molecule has 0 aliphatic heterocycles. The van der Waals surface area contributed by atoms with Crippen LogP contribution in [0.5, 0.6) is 5.75 Å². The van der Waals surface area contributed by atoms with Crippen molar-refractivity contribution in [3.63, 3.8) is 0 Å². The molecule has 6 nitrogen and oxygen atoms in total. The van der Waals surface area contributed by atoms with Crippen molar-refractivity contribution in [1.82, 2.24) is 0 Å². The van der Waals surface area contributed by atoms with Crippen LogP contribution in [-0.2, 0) is 12.8 Å². The SMILES string of the molecule is COc1ccc(C=Nc2sc3c(c2C#N)CCC3)cc1[N+](=O)[O-]. The van der Waals surface area contributed by atoms with Crippen molar-refractivity contribution in [2.24, 2.45) is 4.99 Å². The van der Waals surface area contributed by atoms with Crippen LogP contribution in [0, 0.1) is 21.4 Å². The number of nitro groups is 1. The number of hydrogen-bond donors (Lipinski definition) is 0.